The van der Waals surface area contributed by atoms with Gasteiger partial charge < -0.3 is 5.11 Å². The standard InChI is InChI=1S/C8H7NO3/c9-5-8(12-11)6-2-1-3-7(10)4-6/h1-4,8,10-11H. The summed E-state index contributed by atoms with van der Waals surface area (Å²) in [6.07, 6.45) is -1.04. The Hall–Kier alpha value is -1.57. The van der Waals surface area contributed by atoms with E-state index in [2.05, 4.69) is 4.89 Å². The van der Waals surface area contributed by atoms with E-state index in [9.17, 15) is 0 Å². The lowest BCUT2D eigenvalue weighted by Crippen LogP contribution is -1.97. The second-order valence-electron chi connectivity index (χ2n) is 2.21. The number of rotatable bonds is 2. The van der Waals surface area contributed by atoms with Crippen LogP contribution in [0, 0.1) is 11.3 Å². The summed E-state index contributed by atoms with van der Waals surface area (Å²) < 4.78 is 0. The summed E-state index contributed by atoms with van der Waals surface area (Å²) in [6.45, 7) is 0. The van der Waals surface area contributed by atoms with Crippen molar-refractivity contribution < 1.29 is 15.3 Å². The maximum absolute atomic E-state index is 9.01. The van der Waals surface area contributed by atoms with E-state index in [4.69, 9.17) is 15.6 Å². The number of hydrogen-bond donors (Lipinski definition) is 2. The number of benzene rings is 1. The molecular formula is C8H7NO3. The third-order valence-corrected chi connectivity index (χ3v) is 1.40. The molecule has 0 aliphatic rings. The van der Waals surface area contributed by atoms with Gasteiger partial charge in [0.05, 0.1) is 0 Å². The van der Waals surface area contributed by atoms with E-state index >= 15 is 0 Å². The fourth-order valence-corrected chi connectivity index (χ4v) is 0.847. The summed E-state index contributed by atoms with van der Waals surface area (Å²) in [5.74, 6) is 0.0322. The smallest absolute Gasteiger partial charge is 0.204 e. The summed E-state index contributed by atoms with van der Waals surface area (Å²) in [5, 5.41) is 25.7. The summed E-state index contributed by atoms with van der Waals surface area (Å²) in [5.41, 5.74) is 0.417. The normalized spacial score (nSPS) is 12.0. The molecule has 1 atom stereocenters. The molecule has 1 unspecified atom stereocenters. The van der Waals surface area contributed by atoms with Crippen molar-refractivity contribution in [1.29, 1.82) is 5.26 Å². The van der Waals surface area contributed by atoms with E-state index in [0.29, 0.717) is 5.56 Å². The molecular weight excluding hydrogens is 158 g/mol. The Kier molecular flexibility index (Phi) is 2.64. The molecule has 0 radical (unpaired) electrons. The fraction of sp³-hybridized carbons (Fsp3) is 0.125. The molecule has 0 amide bonds. The molecule has 0 bridgehead atoms. The second-order valence-corrected chi connectivity index (χ2v) is 2.21. The molecule has 1 aromatic carbocycles. The van der Waals surface area contributed by atoms with Crippen molar-refractivity contribution in [3.05, 3.63) is 29.8 Å². The van der Waals surface area contributed by atoms with Gasteiger partial charge in [0.2, 0.25) is 6.10 Å². The van der Waals surface area contributed by atoms with Crippen LogP contribution in [0.4, 0.5) is 0 Å². The van der Waals surface area contributed by atoms with Crippen LogP contribution in [0.2, 0.25) is 0 Å². The Balaban J connectivity index is 2.95. The Morgan fingerprint density at radius 1 is 1.50 bits per heavy atom. The highest BCUT2D eigenvalue weighted by Crippen LogP contribution is 2.19. The largest absolute Gasteiger partial charge is 0.508 e. The van der Waals surface area contributed by atoms with E-state index < -0.39 is 6.10 Å². The Bertz CT molecular complexity index is 305. The van der Waals surface area contributed by atoms with Gasteiger partial charge in [0.25, 0.3) is 0 Å². The van der Waals surface area contributed by atoms with Gasteiger partial charge in [-0.1, -0.05) is 12.1 Å². The minimum atomic E-state index is -1.04. The first-order valence-corrected chi connectivity index (χ1v) is 3.26. The molecule has 12 heavy (non-hydrogen) atoms. The quantitative estimate of drug-likeness (QED) is 0.513. The molecule has 4 nitrogen and oxygen atoms in total. The van der Waals surface area contributed by atoms with Gasteiger partial charge in [-0.15, -0.1) is 0 Å². The van der Waals surface area contributed by atoms with Gasteiger partial charge in [0.1, 0.15) is 11.8 Å². The molecule has 2 N–H and O–H groups in total. The van der Waals surface area contributed by atoms with E-state index in [1.54, 1.807) is 18.2 Å². The van der Waals surface area contributed by atoms with Crippen LogP contribution in [-0.4, -0.2) is 10.4 Å². The monoisotopic (exact) mass is 165 g/mol. The zero-order valence-electron chi connectivity index (χ0n) is 6.14. The lowest BCUT2D eigenvalue weighted by atomic mass is 10.1. The van der Waals surface area contributed by atoms with Crippen LogP contribution in [0.5, 0.6) is 5.75 Å². The summed E-state index contributed by atoms with van der Waals surface area (Å²) in [7, 11) is 0. The number of phenolic OH excluding ortho intramolecular Hbond substituents is 1. The second kappa shape index (κ2) is 3.72. The lowest BCUT2D eigenvalue weighted by Gasteiger charge is -2.04. The number of phenols is 1. The van der Waals surface area contributed by atoms with Crippen LogP contribution in [0.15, 0.2) is 24.3 Å². The third kappa shape index (κ3) is 1.72. The molecule has 1 aromatic rings. The predicted octanol–water partition coefficient (Wildman–Crippen LogP) is 1.45. The van der Waals surface area contributed by atoms with Gasteiger partial charge in [-0.25, -0.2) is 4.89 Å². The number of nitriles is 1. The van der Waals surface area contributed by atoms with Crippen LogP contribution in [0.25, 0.3) is 0 Å². The van der Waals surface area contributed by atoms with E-state index in [1.165, 1.54) is 12.1 Å². The van der Waals surface area contributed by atoms with Crippen LogP contribution in [0.3, 0.4) is 0 Å². The van der Waals surface area contributed by atoms with E-state index in [0.717, 1.165) is 0 Å². The average molecular weight is 165 g/mol. The SMILES string of the molecule is N#CC(OO)c1cccc(O)c1. The van der Waals surface area contributed by atoms with Gasteiger partial charge in [-0.2, -0.15) is 5.26 Å². The maximum atomic E-state index is 9.01. The first-order valence-electron chi connectivity index (χ1n) is 3.26. The lowest BCUT2D eigenvalue weighted by molar-refractivity contribution is -0.266. The van der Waals surface area contributed by atoms with Crippen LogP contribution < -0.4 is 0 Å². The van der Waals surface area contributed by atoms with Crippen molar-refractivity contribution in [2.75, 3.05) is 0 Å². The van der Waals surface area contributed by atoms with E-state index in [-0.39, 0.29) is 5.75 Å². The third-order valence-electron chi connectivity index (χ3n) is 1.40. The van der Waals surface area contributed by atoms with Crippen molar-refractivity contribution in [2.45, 2.75) is 6.10 Å². The van der Waals surface area contributed by atoms with Crippen molar-refractivity contribution in [3.63, 3.8) is 0 Å². The van der Waals surface area contributed by atoms with Crippen LogP contribution in [0.1, 0.15) is 11.7 Å². The zero-order valence-corrected chi connectivity index (χ0v) is 6.14. The minimum absolute atomic E-state index is 0.0322. The minimum Gasteiger partial charge on any atom is -0.508 e. The highest BCUT2D eigenvalue weighted by atomic mass is 17.1. The highest BCUT2D eigenvalue weighted by Gasteiger charge is 2.10. The fourth-order valence-electron chi connectivity index (χ4n) is 0.847. The maximum Gasteiger partial charge on any atom is 0.204 e. The average Bonchev–Trinajstić information content (AvgIpc) is 2.07. The van der Waals surface area contributed by atoms with Crippen molar-refractivity contribution in [2.24, 2.45) is 0 Å². The van der Waals surface area contributed by atoms with Gasteiger partial charge in [-0.3, -0.25) is 5.26 Å². The molecule has 0 aromatic heterocycles. The number of nitrogens with zero attached hydrogens (tertiary/aromatic N) is 1. The molecule has 0 aliphatic heterocycles. The number of aromatic hydroxyl groups is 1. The summed E-state index contributed by atoms with van der Waals surface area (Å²) >= 11 is 0. The van der Waals surface area contributed by atoms with Crippen molar-refractivity contribution in [1.82, 2.24) is 0 Å². The zero-order chi connectivity index (χ0) is 8.97. The van der Waals surface area contributed by atoms with Gasteiger partial charge in [0.15, 0.2) is 0 Å². The van der Waals surface area contributed by atoms with Crippen molar-refractivity contribution in [3.8, 4) is 11.8 Å². The van der Waals surface area contributed by atoms with Crippen LogP contribution >= 0.6 is 0 Å². The van der Waals surface area contributed by atoms with E-state index in [1.807, 2.05) is 0 Å². The van der Waals surface area contributed by atoms with Gasteiger partial charge in [0, 0.05) is 5.56 Å². The molecule has 0 spiro atoms. The first kappa shape index (κ1) is 8.53. The molecule has 1 rings (SSSR count). The van der Waals surface area contributed by atoms with Crippen molar-refractivity contribution >= 4 is 0 Å². The number of hydrogen-bond acceptors (Lipinski definition) is 4. The first-order chi connectivity index (χ1) is 5.77. The van der Waals surface area contributed by atoms with Crippen LogP contribution in [-0.2, 0) is 4.89 Å². The molecule has 4 heteroatoms. The summed E-state index contributed by atoms with van der Waals surface area (Å²) in [6, 6.07) is 7.67. The Morgan fingerprint density at radius 3 is 2.75 bits per heavy atom. The molecule has 0 saturated carbocycles. The van der Waals surface area contributed by atoms with Gasteiger partial charge in [-0.05, 0) is 12.1 Å². The molecule has 0 aliphatic carbocycles. The Labute approximate surface area is 69.2 Å². The highest BCUT2D eigenvalue weighted by molar-refractivity contribution is 5.30. The molecule has 0 heterocycles. The van der Waals surface area contributed by atoms with Gasteiger partial charge >= 0.3 is 0 Å². The topological polar surface area (TPSA) is 73.5 Å². The molecule has 0 fully saturated rings. The molecule has 0 saturated heterocycles. The Morgan fingerprint density at radius 2 is 2.25 bits per heavy atom. The predicted molar refractivity (Wildman–Crippen MR) is 40.2 cm³/mol. The molecule has 62 valence electrons. The summed E-state index contributed by atoms with van der Waals surface area (Å²) in [4.78, 5) is 3.87.